The maximum absolute atomic E-state index is 11.8. The van der Waals surface area contributed by atoms with Crippen molar-refractivity contribution in [1.29, 1.82) is 0 Å². The highest BCUT2D eigenvalue weighted by Crippen LogP contribution is 2.22. The van der Waals surface area contributed by atoms with E-state index in [4.69, 9.17) is 11.6 Å². The largest absolute Gasteiger partial charge is 0.325 e. The van der Waals surface area contributed by atoms with Crippen LogP contribution in [-0.4, -0.2) is 17.4 Å². The molecule has 104 valence electrons. The first kappa shape index (κ1) is 14.5. The second-order valence-electron chi connectivity index (χ2n) is 4.39. The molecule has 0 aliphatic carbocycles. The summed E-state index contributed by atoms with van der Waals surface area (Å²) in [7, 11) is 0. The summed E-state index contributed by atoms with van der Waals surface area (Å²) in [5, 5.41) is 6.52. The Bertz CT molecular complexity index is 587. The monoisotopic (exact) mass is 289 g/mol. The van der Waals surface area contributed by atoms with Crippen molar-refractivity contribution in [1.82, 2.24) is 10.3 Å². The van der Waals surface area contributed by atoms with Crippen LogP contribution in [0.1, 0.15) is 11.3 Å². The highest BCUT2D eigenvalue weighted by molar-refractivity contribution is 6.31. The van der Waals surface area contributed by atoms with Gasteiger partial charge in [0.05, 0.1) is 12.2 Å². The molecule has 4 nitrogen and oxygen atoms in total. The predicted molar refractivity (Wildman–Crippen MR) is 80.8 cm³/mol. The highest BCUT2D eigenvalue weighted by atomic mass is 35.5. The third-order valence-corrected chi connectivity index (χ3v) is 3.27. The molecule has 5 heteroatoms. The lowest BCUT2D eigenvalue weighted by molar-refractivity contribution is -0.115. The average Bonchev–Trinajstić information content (AvgIpc) is 2.45. The van der Waals surface area contributed by atoms with Crippen molar-refractivity contribution in [2.24, 2.45) is 0 Å². The molecule has 2 N–H and O–H groups in total. The van der Waals surface area contributed by atoms with E-state index in [0.717, 1.165) is 16.9 Å². The average molecular weight is 290 g/mol. The number of carbonyl (C=O) groups is 1. The lowest BCUT2D eigenvalue weighted by Gasteiger charge is -2.10. The van der Waals surface area contributed by atoms with E-state index in [9.17, 15) is 4.79 Å². The Labute approximate surface area is 123 Å². The van der Waals surface area contributed by atoms with Crippen LogP contribution in [-0.2, 0) is 11.3 Å². The summed E-state index contributed by atoms with van der Waals surface area (Å²) in [6, 6.07) is 11.1. The van der Waals surface area contributed by atoms with Crippen molar-refractivity contribution in [3.05, 3.63) is 58.9 Å². The molecule has 0 aliphatic rings. The van der Waals surface area contributed by atoms with E-state index >= 15 is 0 Å². The number of hydrogen-bond acceptors (Lipinski definition) is 3. The molecule has 1 aromatic heterocycles. The molecule has 20 heavy (non-hydrogen) atoms. The van der Waals surface area contributed by atoms with Crippen LogP contribution >= 0.6 is 11.6 Å². The molecule has 0 atom stereocenters. The number of carbonyl (C=O) groups excluding carboxylic acids is 1. The van der Waals surface area contributed by atoms with Gasteiger partial charge < -0.3 is 10.6 Å². The summed E-state index contributed by atoms with van der Waals surface area (Å²) in [5.41, 5.74) is 2.51. The number of anilines is 1. The van der Waals surface area contributed by atoms with Crippen LogP contribution in [0.25, 0.3) is 0 Å². The molecule has 0 spiro atoms. The zero-order chi connectivity index (χ0) is 14.4. The number of rotatable bonds is 5. The van der Waals surface area contributed by atoms with Gasteiger partial charge in [-0.2, -0.15) is 0 Å². The number of halogens is 1. The lowest BCUT2D eigenvalue weighted by atomic mass is 10.2. The Kier molecular flexibility index (Phi) is 5.09. The van der Waals surface area contributed by atoms with Crippen molar-refractivity contribution in [2.75, 3.05) is 11.9 Å². The van der Waals surface area contributed by atoms with Crippen LogP contribution in [0.15, 0.2) is 42.6 Å². The van der Waals surface area contributed by atoms with E-state index < -0.39 is 0 Å². The SMILES string of the molecule is Cc1c(Cl)cccc1NC(=O)CNCc1ccccn1. The van der Waals surface area contributed by atoms with Crippen molar-refractivity contribution < 1.29 is 4.79 Å². The van der Waals surface area contributed by atoms with Crippen LogP contribution < -0.4 is 10.6 Å². The van der Waals surface area contributed by atoms with Crippen molar-refractivity contribution in [3.8, 4) is 0 Å². The molecule has 0 bridgehead atoms. The summed E-state index contributed by atoms with van der Waals surface area (Å²) >= 11 is 6.01. The Morgan fingerprint density at radius 3 is 2.85 bits per heavy atom. The van der Waals surface area contributed by atoms with Gasteiger partial charge in [0.1, 0.15) is 0 Å². The summed E-state index contributed by atoms with van der Waals surface area (Å²) in [4.78, 5) is 16.0. The van der Waals surface area contributed by atoms with Gasteiger partial charge in [0.15, 0.2) is 0 Å². The fraction of sp³-hybridized carbons (Fsp3) is 0.200. The molecular formula is C15H16ClN3O. The maximum Gasteiger partial charge on any atom is 0.238 e. The topological polar surface area (TPSA) is 54.0 Å². The molecule has 0 radical (unpaired) electrons. The molecule has 2 aromatic rings. The van der Waals surface area contributed by atoms with E-state index in [-0.39, 0.29) is 12.5 Å². The molecule has 2 rings (SSSR count). The van der Waals surface area contributed by atoms with Gasteiger partial charge in [0.2, 0.25) is 5.91 Å². The van der Waals surface area contributed by atoms with E-state index in [0.29, 0.717) is 11.6 Å². The molecular weight excluding hydrogens is 274 g/mol. The van der Waals surface area contributed by atoms with E-state index in [1.807, 2.05) is 37.3 Å². The van der Waals surface area contributed by atoms with E-state index in [1.54, 1.807) is 12.3 Å². The quantitative estimate of drug-likeness (QED) is 0.890. The number of aromatic nitrogens is 1. The van der Waals surface area contributed by atoms with E-state index in [2.05, 4.69) is 15.6 Å². The van der Waals surface area contributed by atoms with Crippen molar-refractivity contribution >= 4 is 23.2 Å². The zero-order valence-electron chi connectivity index (χ0n) is 11.2. The first-order valence-corrected chi connectivity index (χ1v) is 6.70. The molecule has 0 unspecified atom stereocenters. The fourth-order valence-electron chi connectivity index (χ4n) is 1.74. The second kappa shape index (κ2) is 7.03. The summed E-state index contributed by atoms with van der Waals surface area (Å²) in [5.74, 6) is -0.105. The van der Waals surface area contributed by atoms with Gasteiger partial charge in [0, 0.05) is 23.5 Å². The molecule has 0 fully saturated rings. The summed E-state index contributed by atoms with van der Waals surface area (Å²) < 4.78 is 0. The standard InChI is InChI=1S/C15H16ClN3O/c1-11-13(16)6-4-7-14(11)19-15(20)10-17-9-12-5-2-3-8-18-12/h2-8,17H,9-10H2,1H3,(H,19,20). The molecule has 0 saturated carbocycles. The van der Waals surface area contributed by atoms with Crippen LogP contribution in [0.3, 0.4) is 0 Å². The van der Waals surface area contributed by atoms with Crippen LogP contribution in [0.4, 0.5) is 5.69 Å². The maximum atomic E-state index is 11.8. The summed E-state index contributed by atoms with van der Waals surface area (Å²) in [6.07, 6.45) is 1.73. The summed E-state index contributed by atoms with van der Waals surface area (Å²) in [6.45, 7) is 2.66. The Morgan fingerprint density at radius 2 is 2.10 bits per heavy atom. The van der Waals surface area contributed by atoms with Crippen LogP contribution in [0.2, 0.25) is 5.02 Å². The smallest absolute Gasteiger partial charge is 0.238 e. The third kappa shape index (κ3) is 4.05. The predicted octanol–water partition coefficient (Wildman–Crippen LogP) is 2.77. The van der Waals surface area contributed by atoms with Crippen LogP contribution in [0, 0.1) is 6.92 Å². The molecule has 1 heterocycles. The number of nitrogens with one attached hydrogen (secondary N) is 2. The van der Waals surface area contributed by atoms with Gasteiger partial charge >= 0.3 is 0 Å². The van der Waals surface area contributed by atoms with E-state index in [1.165, 1.54) is 0 Å². The van der Waals surface area contributed by atoms with Gasteiger partial charge in [-0.25, -0.2) is 0 Å². The fourth-order valence-corrected chi connectivity index (χ4v) is 1.92. The number of benzene rings is 1. The van der Waals surface area contributed by atoms with Gasteiger partial charge in [-0.15, -0.1) is 0 Å². The van der Waals surface area contributed by atoms with Crippen molar-refractivity contribution in [2.45, 2.75) is 13.5 Å². The number of nitrogens with zero attached hydrogens (tertiary/aromatic N) is 1. The second-order valence-corrected chi connectivity index (χ2v) is 4.79. The third-order valence-electron chi connectivity index (χ3n) is 2.86. The number of pyridine rings is 1. The lowest BCUT2D eigenvalue weighted by Crippen LogP contribution is -2.28. The molecule has 1 aromatic carbocycles. The normalized spacial score (nSPS) is 10.3. The number of hydrogen-bond donors (Lipinski definition) is 2. The first-order valence-electron chi connectivity index (χ1n) is 6.32. The molecule has 0 aliphatic heterocycles. The van der Waals surface area contributed by atoms with Gasteiger partial charge in [-0.05, 0) is 36.8 Å². The minimum absolute atomic E-state index is 0.105. The van der Waals surface area contributed by atoms with Gasteiger partial charge in [-0.1, -0.05) is 23.7 Å². The van der Waals surface area contributed by atoms with Gasteiger partial charge in [0.25, 0.3) is 0 Å². The minimum Gasteiger partial charge on any atom is -0.325 e. The number of amides is 1. The molecule has 1 amide bonds. The Balaban J connectivity index is 1.82. The van der Waals surface area contributed by atoms with Crippen molar-refractivity contribution in [3.63, 3.8) is 0 Å². The Hall–Kier alpha value is -1.91. The minimum atomic E-state index is -0.105. The molecule has 0 saturated heterocycles. The Morgan fingerprint density at radius 1 is 1.25 bits per heavy atom. The van der Waals surface area contributed by atoms with Gasteiger partial charge in [-0.3, -0.25) is 9.78 Å². The van der Waals surface area contributed by atoms with Crippen LogP contribution in [0.5, 0.6) is 0 Å². The highest BCUT2D eigenvalue weighted by Gasteiger charge is 2.06. The first-order chi connectivity index (χ1) is 9.66. The zero-order valence-corrected chi connectivity index (χ0v) is 11.9.